The zero-order valence-electron chi connectivity index (χ0n) is 24.9. The normalized spacial score (nSPS) is 13.4. The topological polar surface area (TPSA) is 0 Å². The van der Waals surface area contributed by atoms with Gasteiger partial charge in [-0.05, 0) is 13.3 Å². The average Bonchev–Trinajstić information content (AvgIpc) is 2.77. The van der Waals surface area contributed by atoms with Gasteiger partial charge in [-0.1, -0.05) is 176 Å². The van der Waals surface area contributed by atoms with Gasteiger partial charge in [0, 0.05) is 35.2 Å². The van der Waals surface area contributed by atoms with Crippen molar-refractivity contribution in [1.29, 1.82) is 0 Å². The van der Waals surface area contributed by atoms with Crippen molar-refractivity contribution in [3.63, 3.8) is 0 Å². The number of hydrogen-bond donors (Lipinski definition) is 0. The first-order chi connectivity index (χ1) is 16.2. The molecule has 0 aromatic heterocycles. The molecule has 0 heterocycles. The summed E-state index contributed by atoms with van der Waals surface area (Å²) < 4.78 is 0. The largest absolute Gasteiger partial charge is 0.0961 e. The minimum Gasteiger partial charge on any atom is -0.0961 e. The number of rotatable bonds is 25. The molecule has 0 aliphatic carbocycles. The third-order valence-electron chi connectivity index (χ3n) is 8.03. The summed E-state index contributed by atoms with van der Waals surface area (Å²) in [6.45, 7) is 19.1. The van der Waals surface area contributed by atoms with E-state index in [2.05, 4.69) is 59.1 Å². The Hall–Kier alpha value is 0.348. The predicted molar refractivity (Wildman–Crippen MR) is 175 cm³/mol. The van der Waals surface area contributed by atoms with Crippen LogP contribution in [-0.2, 0) is 0 Å². The molecule has 0 saturated carbocycles. The standard InChI is InChI=1S/C30H66Si4/c1-8-10-12-14-16-21-25-34(7,26-22-17-15-13-11-9-2)29-32-28-33(5,6)27-31-24-20-18-19-23-30(3)4/h19,23H,3,8-18,20-22,24-29,31-32H2,1-2,4-7H3. The van der Waals surface area contributed by atoms with E-state index in [0.29, 0.717) is 0 Å². The van der Waals surface area contributed by atoms with E-state index >= 15 is 0 Å². The van der Waals surface area contributed by atoms with E-state index in [1.165, 1.54) is 82.6 Å². The predicted octanol–water partition coefficient (Wildman–Crippen LogP) is 10.0. The lowest BCUT2D eigenvalue weighted by Crippen LogP contribution is -2.35. The van der Waals surface area contributed by atoms with Gasteiger partial charge in [-0.25, -0.2) is 0 Å². The van der Waals surface area contributed by atoms with E-state index in [0.717, 1.165) is 0 Å². The number of hydrogen-bond acceptors (Lipinski definition) is 0. The van der Waals surface area contributed by atoms with E-state index in [9.17, 15) is 0 Å². The average molecular weight is 539 g/mol. The number of unbranched alkanes of at least 4 members (excludes halogenated alkanes) is 11. The fourth-order valence-corrected chi connectivity index (χ4v) is 28.2. The highest BCUT2D eigenvalue weighted by molar-refractivity contribution is 6.93. The van der Waals surface area contributed by atoms with E-state index in [1.54, 1.807) is 48.0 Å². The van der Waals surface area contributed by atoms with Gasteiger partial charge < -0.3 is 0 Å². The van der Waals surface area contributed by atoms with Gasteiger partial charge in [0.1, 0.15) is 0 Å². The maximum atomic E-state index is 3.96. The highest BCUT2D eigenvalue weighted by Gasteiger charge is 2.27. The van der Waals surface area contributed by atoms with Gasteiger partial charge >= 0.3 is 0 Å². The van der Waals surface area contributed by atoms with Crippen LogP contribution in [0.4, 0.5) is 0 Å². The van der Waals surface area contributed by atoms with Crippen LogP contribution in [0.25, 0.3) is 0 Å². The van der Waals surface area contributed by atoms with Crippen LogP contribution >= 0.6 is 0 Å². The summed E-state index contributed by atoms with van der Waals surface area (Å²) in [4.78, 5) is 0. The summed E-state index contributed by atoms with van der Waals surface area (Å²) in [5.74, 6) is 0. The quantitative estimate of drug-likeness (QED) is 0.0616. The second-order valence-corrected chi connectivity index (χ2v) is 29.8. The third-order valence-corrected chi connectivity index (χ3v) is 32.0. The van der Waals surface area contributed by atoms with Crippen molar-refractivity contribution >= 4 is 35.2 Å². The molecule has 0 unspecified atom stereocenters. The molecule has 0 nitrogen and oxygen atoms in total. The zero-order chi connectivity index (χ0) is 25.5. The molecule has 202 valence electrons. The Morgan fingerprint density at radius 1 is 0.676 bits per heavy atom. The molecule has 0 bridgehead atoms. The van der Waals surface area contributed by atoms with Gasteiger partial charge in [0.2, 0.25) is 0 Å². The molecule has 4 heteroatoms. The van der Waals surface area contributed by atoms with Gasteiger partial charge in [0.25, 0.3) is 0 Å². The molecule has 0 aromatic rings. The summed E-state index contributed by atoms with van der Waals surface area (Å²) in [5, 5.41) is 0. The summed E-state index contributed by atoms with van der Waals surface area (Å²) >= 11 is 0. The van der Waals surface area contributed by atoms with Gasteiger partial charge in [-0.15, -0.1) is 0 Å². The molecule has 0 aliphatic rings. The van der Waals surface area contributed by atoms with Crippen molar-refractivity contribution < 1.29 is 0 Å². The Kier molecular flexibility index (Phi) is 22.8. The van der Waals surface area contributed by atoms with Crippen LogP contribution in [0.15, 0.2) is 24.3 Å². The van der Waals surface area contributed by atoms with Crippen molar-refractivity contribution in [2.75, 3.05) is 0 Å². The molecule has 0 saturated heterocycles. The molecule has 0 radical (unpaired) electrons. The van der Waals surface area contributed by atoms with E-state index in [4.69, 9.17) is 0 Å². The second kappa shape index (κ2) is 22.5. The molecule has 0 rings (SSSR count). The molecule has 0 amide bonds. The molecular formula is C30H66Si4. The first kappa shape index (κ1) is 34.3. The first-order valence-electron chi connectivity index (χ1n) is 15.6. The molecule has 0 fully saturated rings. The van der Waals surface area contributed by atoms with Crippen molar-refractivity contribution in [2.24, 2.45) is 0 Å². The maximum Gasteiger partial charge on any atom is 0.0473 e. The molecule has 0 spiro atoms. The van der Waals surface area contributed by atoms with Crippen molar-refractivity contribution in [3.8, 4) is 0 Å². The van der Waals surface area contributed by atoms with Crippen LogP contribution in [0.3, 0.4) is 0 Å². The Morgan fingerprint density at radius 2 is 1.18 bits per heavy atom. The minimum absolute atomic E-state index is 0.176. The highest BCUT2D eigenvalue weighted by Crippen LogP contribution is 2.28. The Labute approximate surface area is 224 Å². The second-order valence-electron chi connectivity index (χ2n) is 12.7. The SMILES string of the molecule is C=C(C)C=CCCC[SiH2]C[Si](C)(C)C[SiH2]C[Si](C)(CCCCCCCC)CCCCCCCC. The Balaban J connectivity index is 4.33. The van der Waals surface area contributed by atoms with Crippen LogP contribution in [0.1, 0.15) is 111 Å². The fourth-order valence-electron chi connectivity index (χ4n) is 5.48. The van der Waals surface area contributed by atoms with E-state index in [-0.39, 0.29) is 19.0 Å². The van der Waals surface area contributed by atoms with Gasteiger partial charge in [0.05, 0.1) is 0 Å². The lowest BCUT2D eigenvalue weighted by molar-refractivity contribution is 0.615. The molecule has 0 N–H and O–H groups in total. The van der Waals surface area contributed by atoms with Crippen LogP contribution in [-0.4, -0.2) is 35.2 Å². The number of allylic oxidation sites excluding steroid dienone is 3. The Morgan fingerprint density at radius 3 is 1.71 bits per heavy atom. The lowest BCUT2D eigenvalue weighted by atomic mass is 10.1. The monoisotopic (exact) mass is 538 g/mol. The van der Waals surface area contributed by atoms with Crippen molar-refractivity contribution in [3.05, 3.63) is 24.3 Å². The van der Waals surface area contributed by atoms with Crippen LogP contribution in [0.2, 0.25) is 54.8 Å². The van der Waals surface area contributed by atoms with Crippen LogP contribution in [0, 0.1) is 0 Å². The smallest absolute Gasteiger partial charge is 0.0473 e. The molecule has 0 aromatic carbocycles. The highest BCUT2D eigenvalue weighted by atomic mass is 28.4. The van der Waals surface area contributed by atoms with Gasteiger partial charge in [-0.3, -0.25) is 0 Å². The van der Waals surface area contributed by atoms with Crippen LogP contribution in [0.5, 0.6) is 0 Å². The first-order valence-corrected chi connectivity index (χ1v) is 26.1. The van der Waals surface area contributed by atoms with E-state index in [1.807, 2.05) is 0 Å². The minimum atomic E-state index is -0.968. The van der Waals surface area contributed by atoms with E-state index < -0.39 is 16.1 Å². The zero-order valence-corrected chi connectivity index (χ0v) is 29.7. The van der Waals surface area contributed by atoms with Gasteiger partial charge in [0.15, 0.2) is 0 Å². The lowest BCUT2D eigenvalue weighted by Gasteiger charge is -2.30. The Bertz CT molecular complexity index is 482. The fraction of sp³-hybridized carbons (Fsp3) is 0.867. The summed E-state index contributed by atoms with van der Waals surface area (Å²) in [6, 6.07) is 4.89. The summed E-state index contributed by atoms with van der Waals surface area (Å²) in [5.41, 5.74) is 6.45. The maximum absolute atomic E-state index is 3.96. The molecule has 0 aliphatic heterocycles. The van der Waals surface area contributed by atoms with Gasteiger partial charge in [-0.2, -0.15) is 0 Å². The molecular weight excluding hydrogens is 473 g/mol. The van der Waals surface area contributed by atoms with Crippen molar-refractivity contribution in [2.45, 2.75) is 165 Å². The summed E-state index contributed by atoms with van der Waals surface area (Å²) in [6.07, 6.45) is 25.0. The summed E-state index contributed by atoms with van der Waals surface area (Å²) in [7, 11) is -1.49. The molecule has 0 atom stereocenters. The third kappa shape index (κ3) is 22.8. The van der Waals surface area contributed by atoms with Crippen molar-refractivity contribution in [1.82, 2.24) is 0 Å². The molecule has 34 heavy (non-hydrogen) atoms. The van der Waals surface area contributed by atoms with Crippen LogP contribution < -0.4 is 0 Å².